The highest BCUT2D eigenvalue weighted by molar-refractivity contribution is 9.08. The smallest absolute Gasteiger partial charge is 0.245 e. The molecule has 1 heterocycles. The van der Waals surface area contributed by atoms with E-state index in [1.165, 1.54) is 4.68 Å². The number of halogens is 4. The van der Waals surface area contributed by atoms with Crippen molar-refractivity contribution in [1.82, 2.24) is 14.8 Å². The summed E-state index contributed by atoms with van der Waals surface area (Å²) < 4.78 is 39.1. The molecule has 0 aliphatic heterocycles. The number of hydrogen-bond acceptors (Lipinski definition) is 2. The van der Waals surface area contributed by atoms with Gasteiger partial charge in [-0.1, -0.05) is 40.2 Å². The lowest BCUT2D eigenvalue weighted by Gasteiger charge is -2.03. The number of nitrogens with zero attached hydrogens (tertiary/aromatic N) is 3. The quantitative estimate of drug-likeness (QED) is 0.798. The summed E-state index contributed by atoms with van der Waals surface area (Å²) in [4.78, 5) is 3.59. The molecule has 0 unspecified atom stereocenters. The van der Waals surface area contributed by atoms with E-state index in [1.807, 2.05) is 12.1 Å². The molecule has 0 bridgehead atoms. The molecule has 0 aliphatic rings. The molecule has 19 heavy (non-hydrogen) atoms. The van der Waals surface area contributed by atoms with Gasteiger partial charge in [-0.05, 0) is 12.5 Å². The minimum Gasteiger partial charge on any atom is -0.245 e. The maximum absolute atomic E-state index is 12.6. The fourth-order valence-electron chi connectivity index (χ4n) is 1.64. The molecule has 1 aromatic heterocycles. The van der Waals surface area contributed by atoms with Gasteiger partial charge in [-0.2, -0.15) is 13.2 Å². The van der Waals surface area contributed by atoms with Gasteiger partial charge < -0.3 is 0 Å². The summed E-state index contributed by atoms with van der Waals surface area (Å²) in [6.45, 7) is 2.06. The van der Waals surface area contributed by atoms with Crippen LogP contribution in [0.4, 0.5) is 13.2 Å². The first kappa shape index (κ1) is 14.0. The van der Waals surface area contributed by atoms with E-state index in [1.54, 1.807) is 19.1 Å². The van der Waals surface area contributed by atoms with Gasteiger partial charge in [0.1, 0.15) is 0 Å². The van der Waals surface area contributed by atoms with Crippen LogP contribution in [0.2, 0.25) is 0 Å². The van der Waals surface area contributed by atoms with Gasteiger partial charge in [-0.25, -0.2) is 9.67 Å². The molecule has 1 aromatic carbocycles. The summed E-state index contributed by atoms with van der Waals surface area (Å²) in [5.41, 5.74) is 1.66. The molecule has 2 rings (SSSR count). The second-order valence-electron chi connectivity index (χ2n) is 3.90. The molecule has 0 fully saturated rings. The highest BCUT2D eigenvalue weighted by Gasteiger charge is 2.37. The lowest BCUT2D eigenvalue weighted by Crippen LogP contribution is -2.08. The van der Waals surface area contributed by atoms with Crippen LogP contribution in [0.5, 0.6) is 0 Å². The van der Waals surface area contributed by atoms with Gasteiger partial charge in [0.05, 0.1) is 0 Å². The third-order valence-corrected chi connectivity index (χ3v) is 3.24. The van der Waals surface area contributed by atoms with Crippen LogP contribution in [0.25, 0.3) is 11.4 Å². The number of aromatic nitrogens is 3. The van der Waals surface area contributed by atoms with Gasteiger partial charge in [0, 0.05) is 17.4 Å². The first-order valence-corrected chi connectivity index (χ1v) is 6.75. The average Bonchev–Trinajstić information content (AvgIpc) is 2.83. The van der Waals surface area contributed by atoms with E-state index in [4.69, 9.17) is 0 Å². The minimum absolute atomic E-state index is 0.232. The third-order valence-electron chi connectivity index (χ3n) is 2.59. The van der Waals surface area contributed by atoms with E-state index < -0.39 is 12.0 Å². The number of alkyl halides is 4. The second kappa shape index (κ2) is 5.32. The maximum atomic E-state index is 12.6. The molecule has 0 amide bonds. The molecule has 2 aromatic rings. The van der Waals surface area contributed by atoms with Crippen molar-refractivity contribution in [2.24, 2.45) is 0 Å². The number of benzene rings is 1. The number of aryl methyl sites for hydroxylation is 1. The zero-order valence-corrected chi connectivity index (χ0v) is 11.7. The first-order chi connectivity index (χ1) is 8.95. The monoisotopic (exact) mass is 333 g/mol. The molecule has 0 atom stereocenters. The van der Waals surface area contributed by atoms with Crippen molar-refractivity contribution in [3.8, 4) is 11.4 Å². The molecular formula is C12H11BrF3N3. The predicted octanol–water partition coefficient (Wildman–Crippen LogP) is 3.88. The van der Waals surface area contributed by atoms with Crippen LogP contribution >= 0.6 is 15.9 Å². The Labute approximate surface area is 116 Å². The van der Waals surface area contributed by atoms with Crippen molar-refractivity contribution in [3.63, 3.8) is 0 Å². The molecule has 3 nitrogen and oxygen atoms in total. The van der Waals surface area contributed by atoms with E-state index in [0.717, 1.165) is 5.56 Å². The SMILES string of the molecule is CCn1nc(C(F)(F)F)nc1-c1ccc(CBr)cc1. The summed E-state index contributed by atoms with van der Waals surface area (Å²) in [5.74, 6) is -0.870. The highest BCUT2D eigenvalue weighted by Crippen LogP contribution is 2.29. The Morgan fingerprint density at radius 2 is 1.84 bits per heavy atom. The van der Waals surface area contributed by atoms with Crippen molar-refractivity contribution in [2.75, 3.05) is 0 Å². The molecule has 7 heteroatoms. The lowest BCUT2D eigenvalue weighted by molar-refractivity contribution is -0.144. The Bertz CT molecular complexity index is 561. The minimum atomic E-state index is -4.52. The molecule has 102 valence electrons. The van der Waals surface area contributed by atoms with Crippen molar-refractivity contribution >= 4 is 15.9 Å². The highest BCUT2D eigenvalue weighted by atomic mass is 79.9. The normalized spacial score (nSPS) is 11.8. The molecule has 0 aliphatic carbocycles. The van der Waals surface area contributed by atoms with Crippen molar-refractivity contribution in [1.29, 1.82) is 0 Å². The van der Waals surface area contributed by atoms with Crippen LogP contribution in [-0.2, 0) is 18.1 Å². The van der Waals surface area contributed by atoms with Crippen molar-refractivity contribution < 1.29 is 13.2 Å². The van der Waals surface area contributed by atoms with Gasteiger partial charge in [0.25, 0.3) is 5.82 Å². The van der Waals surface area contributed by atoms with E-state index in [0.29, 0.717) is 17.4 Å². The van der Waals surface area contributed by atoms with Gasteiger partial charge in [0.15, 0.2) is 5.82 Å². The lowest BCUT2D eigenvalue weighted by atomic mass is 10.1. The summed E-state index contributed by atoms with van der Waals surface area (Å²) in [7, 11) is 0. The summed E-state index contributed by atoms with van der Waals surface area (Å²) in [6.07, 6.45) is -4.52. The second-order valence-corrected chi connectivity index (χ2v) is 4.46. The van der Waals surface area contributed by atoms with E-state index in [-0.39, 0.29) is 5.82 Å². The van der Waals surface area contributed by atoms with Gasteiger partial charge in [-0.15, -0.1) is 5.10 Å². The van der Waals surface area contributed by atoms with Crippen LogP contribution in [-0.4, -0.2) is 14.8 Å². The summed E-state index contributed by atoms with van der Waals surface area (Å²) in [6, 6.07) is 7.16. The zero-order chi connectivity index (χ0) is 14.0. The number of hydrogen-bond donors (Lipinski definition) is 0. The van der Waals surface area contributed by atoms with Crippen molar-refractivity contribution in [2.45, 2.75) is 25.0 Å². The van der Waals surface area contributed by atoms with Crippen LogP contribution in [0.15, 0.2) is 24.3 Å². The largest absolute Gasteiger partial charge is 0.453 e. The Balaban J connectivity index is 2.45. The van der Waals surface area contributed by atoms with Crippen LogP contribution in [0, 0.1) is 0 Å². The Morgan fingerprint density at radius 1 is 1.21 bits per heavy atom. The predicted molar refractivity (Wildman–Crippen MR) is 68.8 cm³/mol. The molecular weight excluding hydrogens is 323 g/mol. The van der Waals surface area contributed by atoms with Crippen LogP contribution in [0.1, 0.15) is 18.3 Å². The molecule has 0 saturated heterocycles. The van der Waals surface area contributed by atoms with Crippen LogP contribution < -0.4 is 0 Å². The number of rotatable bonds is 3. The molecule has 0 N–H and O–H groups in total. The average molecular weight is 334 g/mol. The van der Waals surface area contributed by atoms with Gasteiger partial charge >= 0.3 is 6.18 Å². The first-order valence-electron chi connectivity index (χ1n) is 5.63. The summed E-state index contributed by atoms with van der Waals surface area (Å²) >= 11 is 3.31. The van der Waals surface area contributed by atoms with E-state index in [9.17, 15) is 13.2 Å². The summed E-state index contributed by atoms with van der Waals surface area (Å²) in [5, 5.41) is 4.19. The van der Waals surface area contributed by atoms with Crippen molar-refractivity contribution in [3.05, 3.63) is 35.7 Å². The van der Waals surface area contributed by atoms with Crippen LogP contribution in [0.3, 0.4) is 0 Å². The third kappa shape index (κ3) is 2.97. The van der Waals surface area contributed by atoms with Gasteiger partial charge in [-0.3, -0.25) is 0 Å². The molecule has 0 saturated carbocycles. The molecule has 0 spiro atoms. The zero-order valence-electron chi connectivity index (χ0n) is 10.1. The molecule has 0 radical (unpaired) electrons. The van der Waals surface area contributed by atoms with Gasteiger partial charge in [0.2, 0.25) is 0 Å². The van der Waals surface area contributed by atoms with E-state index in [2.05, 4.69) is 26.0 Å². The Kier molecular flexibility index (Phi) is 3.93. The maximum Gasteiger partial charge on any atom is 0.453 e. The fraction of sp³-hybridized carbons (Fsp3) is 0.333. The topological polar surface area (TPSA) is 30.7 Å². The Morgan fingerprint density at radius 3 is 2.32 bits per heavy atom. The Hall–Kier alpha value is -1.37. The van der Waals surface area contributed by atoms with E-state index >= 15 is 0 Å². The fourth-order valence-corrected chi connectivity index (χ4v) is 2.01. The standard InChI is InChI=1S/C12H11BrF3N3/c1-2-19-10(17-11(18-19)12(14,15)16)9-5-3-8(7-13)4-6-9/h3-6H,2,7H2,1H3.